The van der Waals surface area contributed by atoms with Crippen LogP contribution in [0.3, 0.4) is 0 Å². The van der Waals surface area contributed by atoms with Gasteiger partial charge in [0.2, 0.25) is 5.91 Å². The number of ketones is 1. The van der Waals surface area contributed by atoms with Crippen molar-refractivity contribution in [3.8, 4) is 0 Å². The van der Waals surface area contributed by atoms with E-state index < -0.39 is 5.41 Å². The molecule has 0 saturated heterocycles. The van der Waals surface area contributed by atoms with Crippen LogP contribution in [0.2, 0.25) is 0 Å². The number of aryl methyl sites for hydroxylation is 1. The summed E-state index contributed by atoms with van der Waals surface area (Å²) in [5.74, 6) is 0.354. The fraction of sp³-hybridized carbons (Fsp3) is 0.333. The van der Waals surface area contributed by atoms with Gasteiger partial charge in [-0.25, -0.2) is 14.4 Å². The van der Waals surface area contributed by atoms with E-state index in [9.17, 15) is 14.0 Å². The summed E-state index contributed by atoms with van der Waals surface area (Å²) in [6.07, 6.45) is 0. The summed E-state index contributed by atoms with van der Waals surface area (Å²) >= 11 is 2.70. The summed E-state index contributed by atoms with van der Waals surface area (Å²) in [6, 6.07) is 8.01. The van der Waals surface area contributed by atoms with Crippen molar-refractivity contribution >= 4 is 45.7 Å². The number of aromatic nitrogens is 2. The van der Waals surface area contributed by atoms with Crippen LogP contribution < -0.4 is 5.32 Å². The first-order valence-electron chi connectivity index (χ1n) is 9.10. The number of nitrogens with one attached hydrogen (secondary N) is 1. The zero-order chi connectivity index (χ0) is 21.2. The van der Waals surface area contributed by atoms with Gasteiger partial charge in [-0.1, -0.05) is 32.5 Å². The van der Waals surface area contributed by atoms with Crippen molar-refractivity contribution < 1.29 is 14.0 Å². The molecule has 0 bridgehead atoms. The molecule has 8 heteroatoms. The van der Waals surface area contributed by atoms with Gasteiger partial charge >= 0.3 is 0 Å². The molecule has 1 amide bonds. The number of rotatable bonds is 6. The third kappa shape index (κ3) is 5.39. The van der Waals surface area contributed by atoms with Gasteiger partial charge in [0.25, 0.3) is 0 Å². The summed E-state index contributed by atoms with van der Waals surface area (Å²) in [5, 5.41) is 4.28. The summed E-state index contributed by atoms with van der Waals surface area (Å²) in [5.41, 5.74) is 0.0777. The highest BCUT2D eigenvalue weighted by Gasteiger charge is 2.21. The van der Waals surface area contributed by atoms with E-state index in [0.717, 1.165) is 10.3 Å². The van der Waals surface area contributed by atoms with E-state index in [1.165, 1.54) is 35.2 Å². The zero-order valence-corrected chi connectivity index (χ0v) is 18.3. The first-order chi connectivity index (χ1) is 13.6. The van der Waals surface area contributed by atoms with Crippen molar-refractivity contribution in [2.75, 3.05) is 5.75 Å². The average Bonchev–Trinajstić information content (AvgIpc) is 3.11. The predicted molar refractivity (Wildman–Crippen MR) is 115 cm³/mol. The molecule has 2 heterocycles. The molecule has 2 aromatic heterocycles. The van der Waals surface area contributed by atoms with Gasteiger partial charge in [0, 0.05) is 21.7 Å². The minimum Gasteiger partial charge on any atom is -0.351 e. The van der Waals surface area contributed by atoms with Crippen molar-refractivity contribution in [2.24, 2.45) is 5.41 Å². The quantitative estimate of drug-likeness (QED) is 0.346. The monoisotopic (exact) mass is 431 g/mol. The Morgan fingerprint density at radius 3 is 2.66 bits per heavy atom. The van der Waals surface area contributed by atoms with Crippen molar-refractivity contribution in [3.63, 3.8) is 0 Å². The molecule has 29 heavy (non-hydrogen) atoms. The lowest BCUT2D eigenvalue weighted by molar-refractivity contribution is -0.128. The van der Waals surface area contributed by atoms with E-state index in [-0.39, 0.29) is 23.3 Å². The molecule has 0 radical (unpaired) electrons. The van der Waals surface area contributed by atoms with Gasteiger partial charge in [-0.05, 0) is 31.2 Å². The number of benzene rings is 1. The maximum absolute atomic E-state index is 13.5. The molecule has 0 unspecified atom stereocenters. The predicted octanol–water partition coefficient (Wildman–Crippen LogP) is 4.78. The second kappa shape index (κ2) is 8.59. The molecule has 0 atom stereocenters. The first-order valence-corrected chi connectivity index (χ1v) is 10.9. The van der Waals surface area contributed by atoms with Gasteiger partial charge in [-0.2, -0.15) is 0 Å². The second-order valence-corrected chi connectivity index (χ2v) is 9.78. The number of hydrogen-bond donors (Lipinski definition) is 1. The highest BCUT2D eigenvalue weighted by Crippen LogP contribution is 2.27. The summed E-state index contributed by atoms with van der Waals surface area (Å²) in [7, 11) is 0. The minimum atomic E-state index is -0.450. The molecule has 0 saturated carbocycles. The maximum atomic E-state index is 13.5. The lowest BCUT2D eigenvalue weighted by Gasteiger charge is -2.17. The smallest absolute Gasteiger partial charge is 0.225 e. The number of nitrogens with zero attached hydrogens (tertiary/aromatic N) is 2. The normalized spacial score (nSPS) is 11.6. The Labute approximate surface area is 177 Å². The fourth-order valence-electron chi connectivity index (χ4n) is 2.56. The molecule has 0 aliphatic carbocycles. The molecule has 5 nitrogen and oxygen atoms in total. The lowest BCUT2D eigenvalue weighted by Crippen LogP contribution is -2.34. The van der Waals surface area contributed by atoms with E-state index >= 15 is 0 Å². The van der Waals surface area contributed by atoms with E-state index in [2.05, 4.69) is 15.3 Å². The molecular formula is C21H22FN3O2S2. The van der Waals surface area contributed by atoms with Crippen molar-refractivity contribution in [2.45, 2.75) is 39.3 Å². The van der Waals surface area contributed by atoms with Gasteiger partial charge in [-0.15, -0.1) is 11.3 Å². The highest BCUT2D eigenvalue weighted by atomic mass is 32.2. The Balaban J connectivity index is 1.65. The number of carbonyl (C=O) groups excluding carboxylic acids is 2. The Hall–Kier alpha value is -2.32. The van der Waals surface area contributed by atoms with Crippen LogP contribution in [0, 0.1) is 18.2 Å². The number of thiophene rings is 1. The number of amides is 1. The van der Waals surface area contributed by atoms with E-state index in [1.54, 1.807) is 19.1 Å². The van der Waals surface area contributed by atoms with E-state index in [1.807, 2.05) is 26.8 Å². The molecule has 0 spiro atoms. The molecule has 1 aromatic carbocycles. The molecule has 152 valence electrons. The molecule has 3 aromatic rings. The Morgan fingerprint density at radius 2 is 1.93 bits per heavy atom. The van der Waals surface area contributed by atoms with Gasteiger partial charge < -0.3 is 5.32 Å². The molecule has 0 fully saturated rings. The third-order valence-electron chi connectivity index (χ3n) is 4.12. The molecule has 0 aliphatic rings. The number of Topliss-reactive ketones (excluding diaryl/α,β-unsaturated/α-hetero) is 1. The number of fused-ring (bicyclic) bond motifs is 1. The van der Waals surface area contributed by atoms with Crippen LogP contribution in [0.1, 0.15) is 41.1 Å². The summed E-state index contributed by atoms with van der Waals surface area (Å²) < 4.78 is 13.5. The molecular weight excluding hydrogens is 409 g/mol. The van der Waals surface area contributed by atoms with Gasteiger partial charge in [-0.3, -0.25) is 9.59 Å². The zero-order valence-electron chi connectivity index (χ0n) is 16.7. The van der Waals surface area contributed by atoms with Crippen LogP contribution >= 0.6 is 23.1 Å². The SMILES string of the molecule is Cc1nc(SCC(=O)c2ccc(CNC(=O)C(C)(C)C)s2)c2ccc(F)cc2n1. The minimum absolute atomic E-state index is 0.0140. The van der Waals surface area contributed by atoms with Crippen LogP contribution in [0.5, 0.6) is 0 Å². The number of halogens is 1. The number of carbonyl (C=O) groups is 2. The largest absolute Gasteiger partial charge is 0.351 e. The molecule has 1 N–H and O–H groups in total. The van der Waals surface area contributed by atoms with Crippen LogP contribution in [0.25, 0.3) is 10.9 Å². The molecule has 0 aliphatic heterocycles. The van der Waals surface area contributed by atoms with Crippen LogP contribution in [-0.4, -0.2) is 27.4 Å². The number of thioether (sulfide) groups is 1. The first kappa shape index (κ1) is 21.4. The lowest BCUT2D eigenvalue weighted by atomic mass is 9.96. The van der Waals surface area contributed by atoms with E-state index in [4.69, 9.17) is 0 Å². The Kier molecular flexibility index (Phi) is 6.33. The second-order valence-electron chi connectivity index (χ2n) is 7.65. The van der Waals surface area contributed by atoms with Gasteiger partial charge in [0.15, 0.2) is 5.78 Å². The summed E-state index contributed by atoms with van der Waals surface area (Å²) in [6.45, 7) is 7.72. The van der Waals surface area contributed by atoms with Gasteiger partial charge in [0.1, 0.15) is 16.7 Å². The van der Waals surface area contributed by atoms with Gasteiger partial charge in [0.05, 0.1) is 22.7 Å². The Morgan fingerprint density at radius 1 is 1.17 bits per heavy atom. The number of hydrogen-bond acceptors (Lipinski definition) is 6. The average molecular weight is 432 g/mol. The highest BCUT2D eigenvalue weighted by molar-refractivity contribution is 8.00. The van der Waals surface area contributed by atoms with Crippen LogP contribution in [0.4, 0.5) is 4.39 Å². The fourth-order valence-corrected chi connectivity index (χ4v) is 4.48. The maximum Gasteiger partial charge on any atom is 0.225 e. The third-order valence-corrected chi connectivity index (χ3v) is 6.23. The Bertz CT molecular complexity index is 1070. The molecule has 3 rings (SSSR count). The van der Waals surface area contributed by atoms with Crippen molar-refractivity contribution in [1.82, 2.24) is 15.3 Å². The van der Waals surface area contributed by atoms with Crippen molar-refractivity contribution in [1.29, 1.82) is 0 Å². The van der Waals surface area contributed by atoms with Crippen molar-refractivity contribution in [3.05, 3.63) is 51.7 Å². The topological polar surface area (TPSA) is 72.0 Å². The summed E-state index contributed by atoms with van der Waals surface area (Å²) in [4.78, 5) is 34.8. The van der Waals surface area contributed by atoms with E-state index in [0.29, 0.717) is 27.8 Å². The van der Waals surface area contributed by atoms with Crippen LogP contribution in [0.15, 0.2) is 35.4 Å². The van der Waals surface area contributed by atoms with Crippen LogP contribution in [-0.2, 0) is 11.3 Å². The standard InChI is InChI=1S/C21H22FN3O2S2/c1-12-24-16-9-13(22)5-7-15(16)19(25-12)28-11-17(26)18-8-6-14(29-18)10-23-20(27)21(2,3)4/h5-9H,10-11H2,1-4H3,(H,23,27).